The van der Waals surface area contributed by atoms with Crippen LogP contribution in [-0.2, 0) is 10.0 Å². The van der Waals surface area contributed by atoms with Gasteiger partial charge in [-0.1, -0.05) is 6.42 Å². The third kappa shape index (κ3) is 2.94. The van der Waals surface area contributed by atoms with Gasteiger partial charge in [-0.05, 0) is 44.9 Å². The highest BCUT2D eigenvalue weighted by Crippen LogP contribution is 2.30. The molecule has 0 amide bonds. The van der Waals surface area contributed by atoms with Crippen LogP contribution < -0.4 is 0 Å². The summed E-state index contributed by atoms with van der Waals surface area (Å²) < 4.78 is 40.6. The molecular weight excluding hydrogens is 297 g/mol. The molecule has 1 heterocycles. The van der Waals surface area contributed by atoms with E-state index in [1.807, 2.05) is 0 Å². The quantitative estimate of drug-likeness (QED) is 0.930. The Labute approximate surface area is 123 Å². The first kappa shape index (κ1) is 15.9. The SMILES string of the molecule is CC1CCCC(C)N1S(=O)(=O)c1cc(C(=O)O)ccc1F. The molecule has 2 atom stereocenters. The summed E-state index contributed by atoms with van der Waals surface area (Å²) in [6, 6.07) is 2.37. The third-order valence-electron chi connectivity index (χ3n) is 3.85. The lowest BCUT2D eigenvalue weighted by molar-refractivity contribution is 0.0696. The van der Waals surface area contributed by atoms with Crippen LogP contribution in [0.4, 0.5) is 4.39 Å². The lowest BCUT2D eigenvalue weighted by Crippen LogP contribution is -2.47. The topological polar surface area (TPSA) is 74.7 Å². The molecule has 1 fully saturated rings. The number of carbonyl (C=O) groups is 1. The molecule has 2 rings (SSSR count). The number of benzene rings is 1. The molecule has 0 saturated carbocycles. The minimum atomic E-state index is -4.05. The van der Waals surface area contributed by atoms with E-state index >= 15 is 0 Å². The Hall–Kier alpha value is -1.47. The Balaban J connectivity index is 2.53. The van der Waals surface area contributed by atoms with Crippen molar-refractivity contribution in [2.24, 2.45) is 0 Å². The summed E-state index contributed by atoms with van der Waals surface area (Å²) in [6.45, 7) is 3.57. The normalized spacial score (nSPS) is 24.0. The summed E-state index contributed by atoms with van der Waals surface area (Å²) in [5.41, 5.74) is -0.243. The van der Waals surface area contributed by atoms with Crippen molar-refractivity contribution in [1.82, 2.24) is 4.31 Å². The number of piperidine rings is 1. The highest BCUT2D eigenvalue weighted by atomic mass is 32.2. The maximum absolute atomic E-state index is 13.9. The molecule has 116 valence electrons. The molecule has 0 spiro atoms. The van der Waals surface area contributed by atoms with Gasteiger partial charge in [0.05, 0.1) is 5.56 Å². The molecular formula is C14H18FNO4S. The van der Waals surface area contributed by atoms with Crippen LogP contribution in [-0.4, -0.2) is 35.9 Å². The van der Waals surface area contributed by atoms with E-state index in [1.54, 1.807) is 13.8 Å². The molecule has 1 aromatic carbocycles. The molecule has 7 heteroatoms. The molecule has 1 aliphatic rings. The first-order valence-corrected chi connectivity index (χ1v) is 8.25. The van der Waals surface area contributed by atoms with Crippen molar-refractivity contribution in [3.8, 4) is 0 Å². The third-order valence-corrected chi connectivity index (χ3v) is 5.99. The van der Waals surface area contributed by atoms with Gasteiger partial charge in [0.15, 0.2) is 0 Å². The van der Waals surface area contributed by atoms with Crippen molar-refractivity contribution >= 4 is 16.0 Å². The molecule has 0 radical (unpaired) electrons. The van der Waals surface area contributed by atoms with Crippen LogP contribution in [0.1, 0.15) is 43.5 Å². The van der Waals surface area contributed by atoms with Crippen LogP contribution >= 0.6 is 0 Å². The lowest BCUT2D eigenvalue weighted by atomic mass is 10.0. The van der Waals surface area contributed by atoms with Gasteiger partial charge in [-0.2, -0.15) is 4.31 Å². The molecule has 1 aromatic rings. The molecule has 0 aliphatic carbocycles. The van der Waals surface area contributed by atoms with Crippen molar-refractivity contribution in [3.63, 3.8) is 0 Å². The second kappa shape index (κ2) is 5.73. The molecule has 1 N–H and O–H groups in total. The zero-order chi connectivity index (χ0) is 15.8. The maximum atomic E-state index is 13.9. The number of halogens is 1. The summed E-state index contributed by atoms with van der Waals surface area (Å²) >= 11 is 0. The highest BCUT2D eigenvalue weighted by Gasteiger charge is 2.37. The van der Waals surface area contributed by atoms with Gasteiger partial charge in [-0.25, -0.2) is 17.6 Å². The van der Waals surface area contributed by atoms with Crippen LogP contribution in [0, 0.1) is 5.82 Å². The number of carboxylic acids is 1. The van der Waals surface area contributed by atoms with Gasteiger partial charge in [0.1, 0.15) is 10.7 Å². The minimum Gasteiger partial charge on any atom is -0.478 e. The van der Waals surface area contributed by atoms with Gasteiger partial charge in [0.2, 0.25) is 10.0 Å². The van der Waals surface area contributed by atoms with Crippen molar-refractivity contribution in [1.29, 1.82) is 0 Å². The fourth-order valence-electron chi connectivity index (χ4n) is 2.82. The van der Waals surface area contributed by atoms with Crippen LogP contribution in [0.5, 0.6) is 0 Å². The van der Waals surface area contributed by atoms with E-state index in [0.29, 0.717) is 12.8 Å². The molecule has 0 aromatic heterocycles. The van der Waals surface area contributed by atoms with Gasteiger partial charge in [-0.3, -0.25) is 0 Å². The highest BCUT2D eigenvalue weighted by molar-refractivity contribution is 7.89. The van der Waals surface area contributed by atoms with E-state index in [-0.39, 0.29) is 17.6 Å². The van der Waals surface area contributed by atoms with Crippen molar-refractivity contribution < 1.29 is 22.7 Å². The average Bonchev–Trinajstić information content (AvgIpc) is 2.38. The largest absolute Gasteiger partial charge is 0.478 e. The number of aromatic carboxylic acids is 1. The lowest BCUT2D eigenvalue weighted by Gasteiger charge is -2.37. The van der Waals surface area contributed by atoms with E-state index in [0.717, 1.165) is 24.6 Å². The van der Waals surface area contributed by atoms with Crippen LogP contribution in [0.15, 0.2) is 23.1 Å². The number of sulfonamides is 1. The fraction of sp³-hybridized carbons (Fsp3) is 0.500. The molecule has 1 saturated heterocycles. The number of hydrogen-bond acceptors (Lipinski definition) is 3. The first-order chi connectivity index (χ1) is 9.75. The van der Waals surface area contributed by atoms with Gasteiger partial charge in [0, 0.05) is 12.1 Å². The minimum absolute atomic E-state index is 0.230. The second-order valence-corrected chi connectivity index (χ2v) is 7.23. The van der Waals surface area contributed by atoms with Gasteiger partial charge < -0.3 is 5.11 Å². The Kier molecular flexibility index (Phi) is 4.34. The Morgan fingerprint density at radius 3 is 2.38 bits per heavy atom. The summed E-state index contributed by atoms with van der Waals surface area (Å²) in [6.07, 6.45) is 2.35. The molecule has 2 unspecified atom stereocenters. The summed E-state index contributed by atoms with van der Waals surface area (Å²) in [7, 11) is -4.05. The monoisotopic (exact) mass is 315 g/mol. The fourth-order valence-corrected chi connectivity index (χ4v) is 4.79. The van der Waals surface area contributed by atoms with Gasteiger partial charge >= 0.3 is 5.97 Å². The Morgan fingerprint density at radius 2 is 1.86 bits per heavy atom. The van der Waals surface area contributed by atoms with Gasteiger partial charge in [-0.15, -0.1) is 0 Å². The number of rotatable bonds is 3. The predicted molar refractivity (Wildman–Crippen MR) is 75.2 cm³/mol. The standard InChI is InChI=1S/C14H18FNO4S/c1-9-4-3-5-10(2)16(9)21(19,20)13-8-11(14(17)18)6-7-12(13)15/h6-10H,3-5H2,1-2H3,(H,17,18). The van der Waals surface area contributed by atoms with E-state index < -0.39 is 26.7 Å². The number of hydrogen-bond donors (Lipinski definition) is 1. The van der Waals surface area contributed by atoms with Crippen LogP contribution in [0.25, 0.3) is 0 Å². The predicted octanol–water partition coefficient (Wildman–Crippen LogP) is 2.48. The van der Waals surface area contributed by atoms with E-state index in [4.69, 9.17) is 5.11 Å². The van der Waals surface area contributed by atoms with Crippen LogP contribution in [0.3, 0.4) is 0 Å². The van der Waals surface area contributed by atoms with Crippen molar-refractivity contribution in [2.45, 2.75) is 50.1 Å². The van der Waals surface area contributed by atoms with E-state index in [1.165, 1.54) is 4.31 Å². The molecule has 5 nitrogen and oxygen atoms in total. The Bertz CT molecular complexity index is 649. The number of nitrogens with zero attached hydrogens (tertiary/aromatic N) is 1. The summed E-state index contributed by atoms with van der Waals surface area (Å²) in [5, 5.41) is 8.95. The molecule has 1 aliphatic heterocycles. The molecule has 0 bridgehead atoms. The van der Waals surface area contributed by atoms with E-state index in [9.17, 15) is 17.6 Å². The average molecular weight is 315 g/mol. The molecule has 21 heavy (non-hydrogen) atoms. The van der Waals surface area contributed by atoms with Crippen molar-refractivity contribution in [3.05, 3.63) is 29.6 Å². The summed E-state index contributed by atoms with van der Waals surface area (Å²) in [5.74, 6) is -2.21. The summed E-state index contributed by atoms with van der Waals surface area (Å²) in [4.78, 5) is 10.4. The van der Waals surface area contributed by atoms with Crippen LogP contribution in [0.2, 0.25) is 0 Å². The Morgan fingerprint density at radius 1 is 1.29 bits per heavy atom. The zero-order valence-corrected chi connectivity index (χ0v) is 12.7. The maximum Gasteiger partial charge on any atom is 0.335 e. The second-order valence-electron chi connectivity index (χ2n) is 5.41. The first-order valence-electron chi connectivity index (χ1n) is 6.81. The smallest absolute Gasteiger partial charge is 0.335 e. The zero-order valence-electron chi connectivity index (χ0n) is 11.9. The van der Waals surface area contributed by atoms with E-state index in [2.05, 4.69) is 0 Å². The van der Waals surface area contributed by atoms with Crippen molar-refractivity contribution in [2.75, 3.05) is 0 Å². The number of carboxylic acid groups (broad SMARTS) is 1. The van der Waals surface area contributed by atoms with Gasteiger partial charge in [0.25, 0.3) is 0 Å².